The Kier molecular flexibility index (Phi) is 7.51. The van der Waals surface area contributed by atoms with Crippen LogP contribution >= 0.6 is 11.3 Å². The fourth-order valence-electron chi connectivity index (χ4n) is 4.43. The first-order valence-electron chi connectivity index (χ1n) is 13.1. The maximum atomic E-state index is 6.21. The van der Waals surface area contributed by atoms with Crippen molar-refractivity contribution in [2.45, 2.75) is 13.5 Å². The lowest BCUT2D eigenvalue weighted by molar-refractivity contribution is 0.603. The van der Waals surface area contributed by atoms with E-state index < -0.39 is 0 Å². The van der Waals surface area contributed by atoms with E-state index in [2.05, 4.69) is 60.0 Å². The number of fused-ring (bicyclic) bond motifs is 1. The Labute approximate surface area is 237 Å². The van der Waals surface area contributed by atoms with Gasteiger partial charge in [-0.05, 0) is 84.6 Å². The van der Waals surface area contributed by atoms with E-state index in [0.29, 0.717) is 6.54 Å². The van der Waals surface area contributed by atoms with Crippen molar-refractivity contribution in [2.24, 2.45) is 10.2 Å². The molecule has 0 saturated carbocycles. The second kappa shape index (κ2) is 11.8. The predicted molar refractivity (Wildman–Crippen MR) is 168 cm³/mol. The number of hydrazone groups is 2. The van der Waals surface area contributed by atoms with Crippen LogP contribution in [-0.2, 0) is 6.54 Å². The third-order valence-corrected chi connectivity index (χ3v) is 7.29. The fourth-order valence-corrected chi connectivity index (χ4v) is 5.12. The van der Waals surface area contributed by atoms with Gasteiger partial charge in [0.05, 0.1) is 29.8 Å². The highest BCUT2D eigenvalue weighted by Gasteiger charge is 2.12. The summed E-state index contributed by atoms with van der Waals surface area (Å²) in [5.41, 5.74) is 5.63. The van der Waals surface area contributed by atoms with Crippen molar-refractivity contribution in [3.05, 3.63) is 149 Å². The third kappa shape index (κ3) is 5.87. The van der Waals surface area contributed by atoms with Crippen LogP contribution in [0.3, 0.4) is 0 Å². The van der Waals surface area contributed by atoms with Crippen molar-refractivity contribution in [2.75, 3.05) is 10.0 Å². The molecule has 0 aliphatic carbocycles. The lowest BCUT2D eigenvalue weighted by Gasteiger charge is -2.19. The summed E-state index contributed by atoms with van der Waals surface area (Å²) in [4.78, 5) is 1.24. The van der Waals surface area contributed by atoms with Gasteiger partial charge in [-0.15, -0.1) is 11.3 Å². The first-order valence-corrected chi connectivity index (χ1v) is 14.0. The highest BCUT2D eigenvalue weighted by atomic mass is 32.1. The Balaban J connectivity index is 1.28. The minimum absolute atomic E-state index is 0.694. The minimum atomic E-state index is 0.694. The van der Waals surface area contributed by atoms with Gasteiger partial charge >= 0.3 is 0 Å². The maximum absolute atomic E-state index is 6.21. The smallest absolute Gasteiger partial charge is 0.151 e. The average molecular weight is 541 g/mol. The molecule has 0 aliphatic rings. The molecule has 0 aliphatic heterocycles. The molecular weight excluding hydrogens is 512 g/mol. The summed E-state index contributed by atoms with van der Waals surface area (Å²) in [6.45, 7) is 2.68. The Hall–Kier alpha value is -4.94. The molecule has 2 aromatic heterocycles. The predicted octanol–water partition coefficient (Wildman–Crippen LogP) is 9.10. The van der Waals surface area contributed by atoms with Gasteiger partial charge in [-0.25, -0.2) is 5.01 Å². The van der Waals surface area contributed by atoms with E-state index >= 15 is 0 Å². The van der Waals surface area contributed by atoms with Crippen LogP contribution in [0.5, 0.6) is 0 Å². The number of furan rings is 1. The lowest BCUT2D eigenvalue weighted by atomic mass is 10.1. The van der Waals surface area contributed by atoms with Crippen molar-refractivity contribution in [1.82, 2.24) is 0 Å². The highest BCUT2D eigenvalue weighted by molar-refractivity contribution is 7.09. The summed E-state index contributed by atoms with van der Waals surface area (Å²) in [5.74, 6) is 0.742. The van der Waals surface area contributed by atoms with E-state index in [1.807, 2.05) is 96.0 Å². The molecule has 4 aromatic carbocycles. The molecule has 6 aromatic rings. The summed E-state index contributed by atoms with van der Waals surface area (Å²) in [5, 5.41) is 16.9. The largest absolute Gasteiger partial charge is 0.455 e. The molecule has 0 radical (unpaired) electrons. The van der Waals surface area contributed by atoms with Crippen molar-refractivity contribution in [3.63, 3.8) is 0 Å². The van der Waals surface area contributed by atoms with Crippen molar-refractivity contribution in [1.29, 1.82) is 0 Å². The van der Waals surface area contributed by atoms with Crippen LogP contribution in [0.15, 0.2) is 147 Å². The van der Waals surface area contributed by atoms with Gasteiger partial charge in [0, 0.05) is 10.3 Å². The number of nitrogens with zero attached hydrogens (tertiary/aromatic N) is 4. The number of anilines is 3. The zero-order chi connectivity index (χ0) is 27.1. The number of benzene rings is 4. The molecule has 0 bridgehead atoms. The summed E-state index contributed by atoms with van der Waals surface area (Å²) in [6, 6.07) is 42.9. The van der Waals surface area contributed by atoms with E-state index in [9.17, 15) is 0 Å². The molecule has 0 amide bonds. The zero-order valence-corrected chi connectivity index (χ0v) is 22.9. The molecule has 5 nitrogen and oxygen atoms in total. The van der Waals surface area contributed by atoms with Crippen molar-refractivity contribution in [3.8, 4) is 0 Å². The first kappa shape index (κ1) is 25.3. The van der Waals surface area contributed by atoms with Crippen LogP contribution in [0.2, 0.25) is 0 Å². The standard InChI is InChI=1S/C34H28N4OS/c1-26(36-37(25-32-18-11-21-40-32)29-12-5-2-6-13-29)34-23-28-22-27(19-20-33(28)39-34)24-35-38(30-14-7-3-8-15-30)31-16-9-4-10-17-31/h2-24H,25H2,1H3/b35-24+,36-26+. The van der Waals surface area contributed by atoms with E-state index in [1.165, 1.54) is 4.88 Å². The number of hydrogen-bond donors (Lipinski definition) is 0. The van der Waals surface area contributed by atoms with Crippen molar-refractivity contribution < 1.29 is 4.42 Å². The monoisotopic (exact) mass is 540 g/mol. The van der Waals surface area contributed by atoms with Crippen LogP contribution in [0.4, 0.5) is 17.1 Å². The van der Waals surface area contributed by atoms with E-state index in [0.717, 1.165) is 45.1 Å². The zero-order valence-electron chi connectivity index (χ0n) is 22.1. The minimum Gasteiger partial charge on any atom is -0.455 e. The third-order valence-electron chi connectivity index (χ3n) is 6.43. The summed E-state index contributed by atoms with van der Waals surface area (Å²) >= 11 is 1.73. The molecule has 196 valence electrons. The topological polar surface area (TPSA) is 44.3 Å². The van der Waals surface area contributed by atoms with Crippen LogP contribution in [-0.4, -0.2) is 11.9 Å². The molecule has 0 saturated heterocycles. The van der Waals surface area contributed by atoms with Gasteiger partial charge in [-0.2, -0.15) is 10.2 Å². The van der Waals surface area contributed by atoms with E-state index in [-0.39, 0.29) is 0 Å². The highest BCUT2D eigenvalue weighted by Crippen LogP contribution is 2.27. The molecule has 0 unspecified atom stereocenters. The van der Waals surface area contributed by atoms with Crippen LogP contribution in [0, 0.1) is 0 Å². The normalized spacial score (nSPS) is 11.8. The van der Waals surface area contributed by atoms with Crippen LogP contribution < -0.4 is 10.0 Å². The fraction of sp³-hybridized carbons (Fsp3) is 0.0588. The number of thiophene rings is 1. The van der Waals surface area contributed by atoms with Gasteiger partial charge in [0.25, 0.3) is 0 Å². The molecule has 6 rings (SSSR count). The van der Waals surface area contributed by atoms with Gasteiger partial charge in [0.15, 0.2) is 5.76 Å². The average Bonchev–Trinajstić information content (AvgIpc) is 3.68. The van der Waals surface area contributed by atoms with Gasteiger partial charge in [0.2, 0.25) is 0 Å². The second-order valence-corrected chi connectivity index (χ2v) is 10.3. The SMILES string of the molecule is C/C(=N\N(Cc1cccs1)c1ccccc1)c1cc2cc(/C=N/N(c3ccccc3)c3ccccc3)ccc2o1. The van der Waals surface area contributed by atoms with Gasteiger partial charge in [0.1, 0.15) is 11.3 Å². The number of hydrogen-bond acceptors (Lipinski definition) is 6. The van der Waals surface area contributed by atoms with Crippen LogP contribution in [0.1, 0.15) is 23.1 Å². The molecule has 0 spiro atoms. The summed E-state index contributed by atoms with van der Waals surface area (Å²) in [7, 11) is 0. The quantitative estimate of drug-likeness (QED) is 0.136. The Morgan fingerprint density at radius 1 is 0.750 bits per heavy atom. The van der Waals surface area contributed by atoms with Crippen LogP contribution in [0.25, 0.3) is 11.0 Å². The lowest BCUT2D eigenvalue weighted by Crippen LogP contribution is -2.17. The molecule has 6 heteroatoms. The maximum Gasteiger partial charge on any atom is 0.151 e. The Morgan fingerprint density at radius 3 is 2.02 bits per heavy atom. The molecule has 2 heterocycles. The van der Waals surface area contributed by atoms with E-state index in [4.69, 9.17) is 14.6 Å². The van der Waals surface area contributed by atoms with Crippen molar-refractivity contribution >= 4 is 51.3 Å². The van der Waals surface area contributed by atoms with Gasteiger partial charge in [-0.1, -0.05) is 60.7 Å². The first-order chi connectivity index (χ1) is 19.7. The Bertz CT molecular complexity index is 1690. The molecule has 40 heavy (non-hydrogen) atoms. The Morgan fingerprint density at radius 2 is 1.40 bits per heavy atom. The molecular formula is C34H28N4OS. The number of para-hydroxylation sites is 3. The number of rotatable bonds is 9. The molecule has 0 fully saturated rings. The van der Waals surface area contributed by atoms with Gasteiger partial charge < -0.3 is 4.42 Å². The molecule has 0 atom stereocenters. The summed E-state index contributed by atoms with van der Waals surface area (Å²) in [6.07, 6.45) is 1.88. The molecule has 0 N–H and O–H groups in total. The second-order valence-electron chi connectivity index (χ2n) is 9.29. The van der Waals surface area contributed by atoms with Gasteiger partial charge in [-0.3, -0.25) is 5.01 Å². The summed E-state index contributed by atoms with van der Waals surface area (Å²) < 4.78 is 6.21. The van der Waals surface area contributed by atoms with E-state index in [1.54, 1.807) is 11.3 Å².